The fraction of sp³-hybridized carbons (Fsp3) is 0.200. The summed E-state index contributed by atoms with van der Waals surface area (Å²) < 4.78 is 3.45. The molecule has 234 valence electrons. The maximum absolute atomic E-state index is 13.3. The number of nitrogens with one attached hydrogen (secondary N) is 2. The zero-order chi connectivity index (χ0) is 32.3. The van der Waals surface area contributed by atoms with E-state index < -0.39 is 0 Å². The Hall–Kier alpha value is -4.74. The van der Waals surface area contributed by atoms with Gasteiger partial charge in [-0.2, -0.15) is 16.9 Å². The van der Waals surface area contributed by atoms with E-state index in [1.165, 1.54) is 5.56 Å². The SMILES string of the molecule is CCc1cccc(-n2nc(C(C)(C)SC)cc2NC(=O)NCc2ccccc2Sc2ccc3nnc(-c4ccccc4O)n3c2)c1. The van der Waals surface area contributed by atoms with Crippen LogP contribution in [0.5, 0.6) is 5.75 Å². The van der Waals surface area contributed by atoms with E-state index in [1.807, 2.05) is 77.3 Å². The summed E-state index contributed by atoms with van der Waals surface area (Å²) in [4.78, 5) is 15.3. The molecule has 0 radical (unpaired) electrons. The number of pyridine rings is 1. The summed E-state index contributed by atoms with van der Waals surface area (Å²) in [6, 6.07) is 28.8. The Labute approximate surface area is 276 Å². The number of aromatic hydroxyl groups is 1. The predicted octanol–water partition coefficient (Wildman–Crippen LogP) is 7.92. The molecular formula is C35H35N7O2S2. The van der Waals surface area contributed by atoms with E-state index >= 15 is 0 Å². The maximum Gasteiger partial charge on any atom is 0.320 e. The number of thioether (sulfide) groups is 1. The van der Waals surface area contributed by atoms with Crippen LogP contribution in [0.25, 0.3) is 22.7 Å². The number of rotatable bonds is 10. The average molecular weight is 650 g/mol. The second-order valence-electron chi connectivity index (χ2n) is 11.2. The van der Waals surface area contributed by atoms with Gasteiger partial charge in [0.1, 0.15) is 11.6 Å². The molecule has 0 aliphatic heterocycles. The van der Waals surface area contributed by atoms with Crippen LogP contribution in [0.3, 0.4) is 0 Å². The van der Waals surface area contributed by atoms with E-state index in [4.69, 9.17) is 5.10 Å². The summed E-state index contributed by atoms with van der Waals surface area (Å²) in [5.41, 5.74) is 5.24. The first-order valence-corrected chi connectivity index (χ1v) is 17.0. The number of benzene rings is 3. The minimum Gasteiger partial charge on any atom is -0.507 e. The molecule has 6 rings (SSSR count). The Morgan fingerprint density at radius 3 is 2.57 bits per heavy atom. The molecule has 46 heavy (non-hydrogen) atoms. The third-order valence-corrected chi connectivity index (χ3v) is 10.1. The Morgan fingerprint density at radius 2 is 1.76 bits per heavy atom. The number of urea groups is 1. The smallest absolute Gasteiger partial charge is 0.320 e. The zero-order valence-electron chi connectivity index (χ0n) is 26.1. The van der Waals surface area contributed by atoms with Crippen molar-refractivity contribution in [1.82, 2.24) is 29.7 Å². The summed E-state index contributed by atoms with van der Waals surface area (Å²) in [5, 5.41) is 30.0. The molecule has 0 saturated heterocycles. The molecule has 3 aromatic carbocycles. The second kappa shape index (κ2) is 13.3. The number of carbonyl (C=O) groups is 1. The highest BCUT2D eigenvalue weighted by molar-refractivity contribution is 7.99. The highest BCUT2D eigenvalue weighted by Gasteiger charge is 2.25. The van der Waals surface area contributed by atoms with Crippen LogP contribution in [0, 0.1) is 0 Å². The van der Waals surface area contributed by atoms with Crippen molar-refractivity contribution in [2.75, 3.05) is 11.6 Å². The van der Waals surface area contributed by atoms with Crippen molar-refractivity contribution in [3.05, 3.63) is 114 Å². The molecule has 0 fully saturated rings. The number of aryl methyl sites for hydroxylation is 1. The standard InChI is InChI=1S/C35H35N7O2S2/c1-5-23-11-10-13-25(19-23)42-32(20-30(40-42)35(2,3)45-4)37-34(44)36-21-24-12-6-9-16-29(24)46-26-17-18-31-38-39-33(41(31)22-26)27-14-7-8-15-28(27)43/h6-20,22,43H,5,21H2,1-4H3,(H2,36,37,44). The number of nitrogens with zero attached hydrogens (tertiary/aromatic N) is 5. The summed E-state index contributed by atoms with van der Waals surface area (Å²) in [5.74, 6) is 1.31. The Bertz CT molecular complexity index is 2020. The number of aromatic nitrogens is 5. The fourth-order valence-electron chi connectivity index (χ4n) is 4.96. The van der Waals surface area contributed by atoms with E-state index in [1.54, 1.807) is 40.3 Å². The van der Waals surface area contributed by atoms with Crippen molar-refractivity contribution < 1.29 is 9.90 Å². The number of phenols is 1. The highest BCUT2D eigenvalue weighted by Crippen LogP contribution is 2.35. The Morgan fingerprint density at radius 1 is 0.957 bits per heavy atom. The van der Waals surface area contributed by atoms with E-state index in [9.17, 15) is 9.90 Å². The molecule has 0 aliphatic rings. The van der Waals surface area contributed by atoms with Gasteiger partial charge >= 0.3 is 6.03 Å². The maximum atomic E-state index is 13.3. The van der Waals surface area contributed by atoms with Gasteiger partial charge < -0.3 is 10.4 Å². The first kappa shape index (κ1) is 31.3. The molecule has 6 aromatic rings. The van der Waals surface area contributed by atoms with Crippen molar-refractivity contribution in [3.8, 4) is 22.8 Å². The van der Waals surface area contributed by atoms with Gasteiger partial charge in [0.05, 0.1) is 21.7 Å². The summed E-state index contributed by atoms with van der Waals surface area (Å²) >= 11 is 3.29. The summed E-state index contributed by atoms with van der Waals surface area (Å²) in [6.45, 7) is 6.70. The number of amides is 2. The van der Waals surface area contributed by atoms with Crippen LogP contribution in [0.4, 0.5) is 10.6 Å². The zero-order valence-corrected chi connectivity index (χ0v) is 27.7. The van der Waals surface area contributed by atoms with Gasteiger partial charge in [-0.25, -0.2) is 9.48 Å². The van der Waals surface area contributed by atoms with E-state index in [2.05, 4.69) is 60.0 Å². The van der Waals surface area contributed by atoms with E-state index in [0.29, 0.717) is 29.4 Å². The van der Waals surface area contributed by atoms with Crippen LogP contribution in [-0.2, 0) is 17.7 Å². The lowest BCUT2D eigenvalue weighted by atomic mass is 10.1. The van der Waals surface area contributed by atoms with Crippen molar-refractivity contribution in [2.45, 2.75) is 48.3 Å². The highest BCUT2D eigenvalue weighted by atomic mass is 32.2. The Kier molecular flexibility index (Phi) is 9.05. The van der Waals surface area contributed by atoms with Crippen LogP contribution < -0.4 is 10.6 Å². The molecule has 3 N–H and O–H groups in total. The van der Waals surface area contributed by atoms with E-state index in [-0.39, 0.29) is 16.5 Å². The molecule has 0 unspecified atom stereocenters. The first-order chi connectivity index (χ1) is 22.3. The van der Waals surface area contributed by atoms with Crippen LogP contribution in [-0.4, -0.2) is 41.8 Å². The molecule has 0 atom stereocenters. The average Bonchev–Trinajstić information content (AvgIpc) is 3.69. The molecule has 0 aliphatic carbocycles. The molecule has 2 amide bonds. The molecule has 0 bridgehead atoms. The predicted molar refractivity (Wildman–Crippen MR) is 186 cm³/mol. The fourth-order valence-corrected chi connectivity index (χ4v) is 6.24. The van der Waals surface area contributed by atoms with Gasteiger partial charge in [0.15, 0.2) is 11.5 Å². The Balaban J connectivity index is 1.20. The normalized spacial score (nSPS) is 11.6. The number of hydrogen-bond acceptors (Lipinski definition) is 7. The third-order valence-electron chi connectivity index (χ3n) is 7.80. The second-order valence-corrected chi connectivity index (χ2v) is 13.8. The van der Waals surface area contributed by atoms with Gasteiger partial charge in [-0.05, 0) is 80.1 Å². The number of fused-ring (bicyclic) bond motifs is 1. The lowest BCUT2D eigenvalue weighted by molar-refractivity contribution is 0.251. The van der Waals surface area contributed by atoms with Crippen molar-refractivity contribution in [3.63, 3.8) is 0 Å². The minimum atomic E-state index is -0.320. The first-order valence-electron chi connectivity index (χ1n) is 14.9. The van der Waals surface area contributed by atoms with Gasteiger partial charge in [-0.15, -0.1) is 10.2 Å². The van der Waals surface area contributed by atoms with Gasteiger partial charge in [-0.3, -0.25) is 9.72 Å². The number of carbonyl (C=O) groups excluding carboxylic acids is 1. The number of anilines is 1. The largest absolute Gasteiger partial charge is 0.507 e. The number of phenolic OH excluding ortho intramolecular Hbond substituents is 1. The molecule has 9 nitrogen and oxygen atoms in total. The molecule has 11 heteroatoms. The lowest BCUT2D eigenvalue weighted by Gasteiger charge is -2.18. The number of hydrogen-bond donors (Lipinski definition) is 3. The van der Waals surface area contributed by atoms with Crippen molar-refractivity contribution in [2.24, 2.45) is 0 Å². The monoisotopic (exact) mass is 649 g/mol. The van der Waals surface area contributed by atoms with Crippen LogP contribution in [0.15, 0.2) is 107 Å². The molecule has 3 heterocycles. The lowest BCUT2D eigenvalue weighted by Crippen LogP contribution is -2.29. The van der Waals surface area contributed by atoms with Crippen molar-refractivity contribution in [1.29, 1.82) is 0 Å². The molecule has 3 aromatic heterocycles. The van der Waals surface area contributed by atoms with Crippen LogP contribution >= 0.6 is 23.5 Å². The van der Waals surface area contributed by atoms with Crippen LogP contribution in [0.1, 0.15) is 37.6 Å². The van der Waals surface area contributed by atoms with Gasteiger partial charge in [0.25, 0.3) is 0 Å². The minimum absolute atomic E-state index is 0.145. The summed E-state index contributed by atoms with van der Waals surface area (Å²) in [7, 11) is 0. The number of para-hydroxylation sites is 1. The van der Waals surface area contributed by atoms with E-state index in [0.717, 1.165) is 33.2 Å². The topological polar surface area (TPSA) is 109 Å². The molecular weight excluding hydrogens is 615 g/mol. The molecule has 0 spiro atoms. The van der Waals surface area contributed by atoms with Crippen molar-refractivity contribution >= 4 is 41.0 Å². The van der Waals surface area contributed by atoms with Gasteiger partial charge in [-0.1, -0.05) is 61.2 Å². The van der Waals surface area contributed by atoms with Gasteiger partial charge in [0, 0.05) is 28.6 Å². The quantitative estimate of drug-likeness (QED) is 0.138. The summed E-state index contributed by atoms with van der Waals surface area (Å²) in [6.07, 6.45) is 4.92. The third kappa shape index (κ3) is 6.61. The van der Waals surface area contributed by atoms with Crippen LogP contribution in [0.2, 0.25) is 0 Å². The molecule has 0 saturated carbocycles. The van der Waals surface area contributed by atoms with Gasteiger partial charge in [0.2, 0.25) is 0 Å².